The maximum Gasteiger partial charge on any atom is 0.0860 e. The summed E-state index contributed by atoms with van der Waals surface area (Å²) in [6.45, 7) is 13.7. The van der Waals surface area contributed by atoms with E-state index in [4.69, 9.17) is 0 Å². The maximum absolute atomic E-state index is 4.44. The largest absolute Gasteiger partial charge is 0.348 e. The van der Waals surface area contributed by atoms with Crippen molar-refractivity contribution in [3.8, 4) is 0 Å². The van der Waals surface area contributed by atoms with Crippen LogP contribution in [0.5, 0.6) is 0 Å². The Morgan fingerprint density at radius 2 is 2.00 bits per heavy atom. The molecule has 22 heavy (non-hydrogen) atoms. The van der Waals surface area contributed by atoms with Crippen LogP contribution in [-0.4, -0.2) is 36.6 Å². The third-order valence-electron chi connectivity index (χ3n) is 5.47. The molecule has 0 aromatic heterocycles. The highest BCUT2D eigenvalue weighted by molar-refractivity contribution is 5.59. The first kappa shape index (κ1) is 17.2. The fourth-order valence-corrected chi connectivity index (χ4v) is 3.84. The summed E-state index contributed by atoms with van der Waals surface area (Å²) < 4.78 is 0. The van der Waals surface area contributed by atoms with Gasteiger partial charge in [0, 0.05) is 12.6 Å². The van der Waals surface area contributed by atoms with E-state index in [0.29, 0.717) is 17.5 Å². The second-order valence-electron chi connectivity index (χ2n) is 7.75. The quantitative estimate of drug-likeness (QED) is 0.517. The summed E-state index contributed by atoms with van der Waals surface area (Å²) >= 11 is 0. The number of nitrogens with zero attached hydrogens (tertiary/aromatic N) is 3. The molecule has 2 aliphatic rings. The first-order valence-corrected chi connectivity index (χ1v) is 8.92. The smallest absolute Gasteiger partial charge is 0.0860 e. The van der Waals surface area contributed by atoms with E-state index < -0.39 is 0 Å². The molecule has 0 N–H and O–H groups in total. The van der Waals surface area contributed by atoms with Gasteiger partial charge in [0.25, 0.3) is 0 Å². The molecule has 2 unspecified atom stereocenters. The first-order valence-electron chi connectivity index (χ1n) is 8.92. The lowest BCUT2D eigenvalue weighted by Crippen LogP contribution is -2.36. The molecule has 0 radical (unpaired) electrons. The molecule has 1 aliphatic carbocycles. The van der Waals surface area contributed by atoms with Crippen LogP contribution in [0.25, 0.3) is 0 Å². The van der Waals surface area contributed by atoms with Gasteiger partial charge in [-0.05, 0) is 76.5 Å². The fraction of sp³-hybridized carbons (Fsp3) is 0.789. The van der Waals surface area contributed by atoms with Crippen LogP contribution < -0.4 is 0 Å². The minimum Gasteiger partial charge on any atom is -0.348 e. The van der Waals surface area contributed by atoms with Crippen molar-refractivity contribution in [2.45, 2.75) is 78.3 Å². The van der Waals surface area contributed by atoms with Crippen LogP contribution in [0.3, 0.4) is 0 Å². The predicted molar refractivity (Wildman–Crippen MR) is 96.7 cm³/mol. The first-order chi connectivity index (χ1) is 10.5. The molecule has 1 fully saturated rings. The van der Waals surface area contributed by atoms with Crippen molar-refractivity contribution in [3.63, 3.8) is 0 Å². The van der Waals surface area contributed by atoms with Crippen LogP contribution in [0.4, 0.5) is 0 Å². The maximum atomic E-state index is 4.44. The van der Waals surface area contributed by atoms with Crippen molar-refractivity contribution in [2.24, 2.45) is 21.3 Å². The predicted octanol–water partition coefficient (Wildman–Crippen LogP) is 4.69. The molecule has 124 valence electrons. The number of hydrogen-bond donors (Lipinski definition) is 0. The van der Waals surface area contributed by atoms with E-state index in [1.54, 1.807) is 0 Å². The van der Waals surface area contributed by atoms with Gasteiger partial charge in [-0.25, -0.2) is 0 Å². The van der Waals surface area contributed by atoms with Crippen molar-refractivity contribution in [3.05, 3.63) is 11.8 Å². The highest BCUT2D eigenvalue weighted by Gasteiger charge is 2.32. The third-order valence-corrected chi connectivity index (χ3v) is 5.47. The van der Waals surface area contributed by atoms with Crippen LogP contribution in [0.1, 0.15) is 66.2 Å². The van der Waals surface area contributed by atoms with Crippen molar-refractivity contribution in [1.29, 1.82) is 0 Å². The monoisotopic (exact) mass is 303 g/mol. The highest BCUT2D eigenvalue weighted by Crippen LogP contribution is 2.40. The lowest BCUT2D eigenvalue weighted by Gasteiger charge is -2.35. The summed E-state index contributed by atoms with van der Waals surface area (Å²) in [4.78, 5) is 11.1. The molecule has 3 heteroatoms. The van der Waals surface area contributed by atoms with Crippen LogP contribution in [0, 0.1) is 11.3 Å². The standard InChI is InChI=1S/C19H33N3/c1-6-21-14-22-15(2)13-17(20-5)18(22)8-7-16-9-11-19(3,4)12-10-16/h13-16,18H,5-12H2,1-4H3. The average Bonchev–Trinajstić information content (AvgIpc) is 2.79. The minimum atomic E-state index is 0.373. The zero-order valence-electron chi connectivity index (χ0n) is 14.9. The summed E-state index contributed by atoms with van der Waals surface area (Å²) in [6, 6.07) is 0.754. The van der Waals surface area contributed by atoms with Gasteiger partial charge < -0.3 is 4.90 Å². The van der Waals surface area contributed by atoms with E-state index in [9.17, 15) is 0 Å². The molecule has 1 aliphatic heterocycles. The van der Waals surface area contributed by atoms with Crippen LogP contribution in [0.15, 0.2) is 21.8 Å². The lowest BCUT2D eigenvalue weighted by atomic mass is 9.72. The Kier molecular flexibility index (Phi) is 5.82. The molecule has 0 spiro atoms. The zero-order chi connectivity index (χ0) is 16.2. The molecule has 2 atom stereocenters. The number of hydrogen-bond acceptors (Lipinski definition) is 2. The Bertz CT molecular complexity index is 426. The van der Waals surface area contributed by atoms with E-state index in [-0.39, 0.29) is 0 Å². The van der Waals surface area contributed by atoms with E-state index >= 15 is 0 Å². The molecule has 3 nitrogen and oxygen atoms in total. The van der Waals surface area contributed by atoms with Gasteiger partial charge in [-0.2, -0.15) is 0 Å². The van der Waals surface area contributed by atoms with E-state index in [1.807, 2.05) is 6.34 Å². The third kappa shape index (κ3) is 4.21. The Hall–Kier alpha value is -1.12. The van der Waals surface area contributed by atoms with Gasteiger partial charge in [0.2, 0.25) is 0 Å². The van der Waals surface area contributed by atoms with E-state index in [2.05, 4.69) is 55.4 Å². The van der Waals surface area contributed by atoms with Gasteiger partial charge in [-0.1, -0.05) is 13.8 Å². The summed E-state index contributed by atoms with van der Waals surface area (Å²) in [5.41, 5.74) is 1.71. The molecule has 0 saturated heterocycles. The Morgan fingerprint density at radius 3 is 2.59 bits per heavy atom. The topological polar surface area (TPSA) is 28.0 Å². The van der Waals surface area contributed by atoms with Gasteiger partial charge >= 0.3 is 0 Å². The van der Waals surface area contributed by atoms with E-state index in [1.165, 1.54) is 38.5 Å². The second kappa shape index (κ2) is 7.43. The number of rotatable bonds is 6. The molecule has 0 aromatic carbocycles. The van der Waals surface area contributed by atoms with Crippen molar-refractivity contribution in [1.82, 2.24) is 4.90 Å². The molecule has 0 aromatic rings. The Balaban J connectivity index is 1.92. The SMILES string of the molecule is C=NC1=CC(C)N(C=NCC)C1CCC1CCC(C)(C)CC1. The van der Waals surface area contributed by atoms with Crippen LogP contribution in [0.2, 0.25) is 0 Å². The average molecular weight is 303 g/mol. The lowest BCUT2D eigenvalue weighted by molar-refractivity contribution is 0.177. The zero-order valence-corrected chi connectivity index (χ0v) is 14.9. The van der Waals surface area contributed by atoms with Crippen molar-refractivity contribution < 1.29 is 0 Å². The molecule has 0 bridgehead atoms. The molecule has 0 amide bonds. The fourth-order valence-electron chi connectivity index (χ4n) is 3.84. The van der Waals surface area contributed by atoms with Gasteiger partial charge in [0.15, 0.2) is 0 Å². The van der Waals surface area contributed by atoms with Gasteiger partial charge in [-0.3, -0.25) is 9.98 Å². The summed E-state index contributed by atoms with van der Waals surface area (Å²) in [5, 5.41) is 0. The molecule has 2 rings (SSSR count). The number of aliphatic imine (C=N–C) groups is 2. The Labute approximate surface area is 136 Å². The van der Waals surface area contributed by atoms with Crippen LogP contribution in [-0.2, 0) is 0 Å². The molecule has 1 heterocycles. The van der Waals surface area contributed by atoms with E-state index in [0.717, 1.165) is 18.2 Å². The van der Waals surface area contributed by atoms with Gasteiger partial charge in [0.05, 0.1) is 18.1 Å². The van der Waals surface area contributed by atoms with Crippen LogP contribution >= 0.6 is 0 Å². The normalized spacial score (nSPS) is 29.1. The minimum absolute atomic E-state index is 0.373. The molecular formula is C19H33N3. The van der Waals surface area contributed by atoms with Gasteiger partial charge in [-0.15, -0.1) is 0 Å². The Morgan fingerprint density at radius 1 is 1.32 bits per heavy atom. The highest BCUT2D eigenvalue weighted by atomic mass is 15.2. The summed E-state index contributed by atoms with van der Waals surface area (Å²) in [5.74, 6) is 0.889. The second-order valence-corrected chi connectivity index (χ2v) is 7.75. The van der Waals surface area contributed by atoms with Gasteiger partial charge in [0.1, 0.15) is 0 Å². The summed E-state index contributed by atoms with van der Waals surface area (Å²) in [6.07, 6.45) is 12.3. The van der Waals surface area contributed by atoms with Crippen molar-refractivity contribution >= 4 is 13.1 Å². The summed E-state index contributed by atoms with van der Waals surface area (Å²) in [7, 11) is 0. The molecular weight excluding hydrogens is 270 g/mol. The van der Waals surface area contributed by atoms with Crippen molar-refractivity contribution in [2.75, 3.05) is 6.54 Å². The molecule has 1 saturated carbocycles.